The van der Waals surface area contributed by atoms with Crippen molar-refractivity contribution in [3.05, 3.63) is 39.9 Å². The van der Waals surface area contributed by atoms with E-state index < -0.39 is 18.3 Å². The van der Waals surface area contributed by atoms with E-state index in [1.54, 1.807) is 10.6 Å². The molecule has 0 aliphatic carbocycles. The molecule has 1 atom stereocenters. The molecule has 1 saturated heterocycles. The van der Waals surface area contributed by atoms with Gasteiger partial charge in [0.15, 0.2) is 0 Å². The largest absolute Gasteiger partial charge is 0.495 e. The van der Waals surface area contributed by atoms with E-state index in [0.717, 1.165) is 5.46 Å². The van der Waals surface area contributed by atoms with Gasteiger partial charge in [-0.05, 0) is 59.1 Å². The normalized spacial score (nSPS) is 20.5. The molecule has 1 aliphatic rings. The Labute approximate surface area is 147 Å². The zero-order chi connectivity index (χ0) is 17.9. The minimum Gasteiger partial charge on any atom is -0.399 e. The van der Waals surface area contributed by atoms with E-state index in [0.29, 0.717) is 16.9 Å². The number of thiol groups is 1. The first-order chi connectivity index (χ1) is 11.0. The Balaban J connectivity index is 2.08. The van der Waals surface area contributed by atoms with Gasteiger partial charge in [-0.1, -0.05) is 0 Å². The molecule has 0 radical (unpaired) electrons. The first-order valence-corrected chi connectivity index (χ1v) is 8.62. The maximum atomic E-state index is 12.6. The lowest BCUT2D eigenvalue weighted by atomic mass is 9.80. The minimum atomic E-state index is -0.472. The lowest BCUT2D eigenvalue weighted by Gasteiger charge is -2.32. The number of nitrogens with zero attached hydrogens (tertiary/aromatic N) is 2. The monoisotopic (exact) mass is 346 g/mol. The standard InChI is InChI=1S/C17H23BN2O3S/c1-10-14(11(2)24)15(21)20-8-7-12(9-13(20)19-10)18-22-16(3,4)17(5,6)23-18/h7-9,11,24H,1-6H3/t11-/m1/s1. The third kappa shape index (κ3) is 2.68. The van der Waals surface area contributed by atoms with Gasteiger partial charge >= 0.3 is 7.12 Å². The van der Waals surface area contributed by atoms with E-state index in [1.165, 1.54) is 0 Å². The number of aryl methyl sites for hydroxylation is 1. The summed E-state index contributed by atoms with van der Waals surface area (Å²) < 4.78 is 13.7. The summed E-state index contributed by atoms with van der Waals surface area (Å²) in [7, 11) is -0.472. The highest BCUT2D eigenvalue weighted by atomic mass is 32.1. The highest BCUT2D eigenvalue weighted by Gasteiger charge is 2.51. The molecule has 3 heterocycles. The number of hydrogen-bond acceptors (Lipinski definition) is 5. The van der Waals surface area contributed by atoms with Crippen LogP contribution in [0.1, 0.15) is 51.1 Å². The van der Waals surface area contributed by atoms with E-state index in [4.69, 9.17) is 9.31 Å². The van der Waals surface area contributed by atoms with Crippen molar-refractivity contribution in [3.63, 3.8) is 0 Å². The summed E-state index contributed by atoms with van der Waals surface area (Å²) in [5.74, 6) is 0. The second kappa shape index (κ2) is 5.61. The van der Waals surface area contributed by atoms with Gasteiger partial charge in [-0.15, -0.1) is 0 Å². The van der Waals surface area contributed by atoms with Crippen LogP contribution in [0.2, 0.25) is 0 Å². The van der Waals surface area contributed by atoms with Crippen molar-refractivity contribution in [2.45, 2.75) is 58.0 Å². The molecule has 2 aromatic heterocycles. The maximum Gasteiger partial charge on any atom is 0.495 e. The summed E-state index contributed by atoms with van der Waals surface area (Å²) in [6, 6.07) is 3.70. The van der Waals surface area contributed by atoms with Crippen LogP contribution < -0.4 is 11.0 Å². The molecule has 0 N–H and O–H groups in total. The van der Waals surface area contributed by atoms with Gasteiger partial charge in [0.25, 0.3) is 5.56 Å². The second-order valence-corrected chi connectivity index (χ2v) is 8.14. The molecule has 24 heavy (non-hydrogen) atoms. The lowest BCUT2D eigenvalue weighted by molar-refractivity contribution is 0.00578. The smallest absolute Gasteiger partial charge is 0.399 e. The van der Waals surface area contributed by atoms with Crippen LogP contribution in [-0.2, 0) is 9.31 Å². The van der Waals surface area contributed by atoms with E-state index in [2.05, 4.69) is 17.6 Å². The van der Waals surface area contributed by atoms with Gasteiger partial charge in [-0.2, -0.15) is 12.6 Å². The topological polar surface area (TPSA) is 52.8 Å². The number of hydrogen-bond donors (Lipinski definition) is 1. The van der Waals surface area contributed by atoms with Crippen LogP contribution in [0.4, 0.5) is 0 Å². The van der Waals surface area contributed by atoms with Crippen molar-refractivity contribution in [1.82, 2.24) is 9.38 Å². The van der Waals surface area contributed by atoms with Crippen molar-refractivity contribution in [3.8, 4) is 0 Å². The SMILES string of the molecule is Cc1nc2cc(B3OC(C)(C)C(C)(C)O3)ccn2c(=O)c1[C@@H](C)S. The summed E-state index contributed by atoms with van der Waals surface area (Å²) in [6.45, 7) is 11.8. The van der Waals surface area contributed by atoms with E-state index >= 15 is 0 Å². The molecule has 0 amide bonds. The molecule has 0 spiro atoms. The number of aromatic nitrogens is 2. The molecule has 1 aliphatic heterocycles. The van der Waals surface area contributed by atoms with E-state index in [1.807, 2.05) is 53.7 Å². The summed E-state index contributed by atoms with van der Waals surface area (Å²) in [5, 5.41) is -0.162. The quantitative estimate of drug-likeness (QED) is 0.670. The first-order valence-electron chi connectivity index (χ1n) is 8.10. The first kappa shape index (κ1) is 17.5. The van der Waals surface area contributed by atoms with Gasteiger partial charge < -0.3 is 9.31 Å². The molecule has 0 saturated carbocycles. The molecule has 3 rings (SSSR count). The number of rotatable bonds is 2. The van der Waals surface area contributed by atoms with E-state index in [-0.39, 0.29) is 10.8 Å². The Morgan fingerprint density at radius 3 is 2.38 bits per heavy atom. The third-order valence-corrected chi connectivity index (χ3v) is 5.28. The Hall–Kier alpha value is -1.31. The fraction of sp³-hybridized carbons (Fsp3) is 0.529. The van der Waals surface area contributed by atoms with Gasteiger partial charge in [0.2, 0.25) is 0 Å². The molecule has 128 valence electrons. The maximum absolute atomic E-state index is 12.6. The van der Waals surface area contributed by atoms with Crippen molar-refractivity contribution in [2.75, 3.05) is 0 Å². The highest BCUT2D eigenvalue weighted by Crippen LogP contribution is 2.36. The molecular formula is C17H23BN2O3S. The lowest BCUT2D eigenvalue weighted by Crippen LogP contribution is -2.41. The van der Waals surface area contributed by atoms with Gasteiger partial charge in [-0.3, -0.25) is 9.20 Å². The average Bonchev–Trinajstić information content (AvgIpc) is 2.66. The minimum absolute atomic E-state index is 0.0829. The molecular weight excluding hydrogens is 323 g/mol. The Kier molecular flexibility index (Phi) is 4.09. The molecule has 5 nitrogen and oxygen atoms in total. The highest BCUT2D eigenvalue weighted by molar-refractivity contribution is 7.80. The van der Waals surface area contributed by atoms with Crippen LogP contribution in [0.3, 0.4) is 0 Å². The fourth-order valence-corrected chi connectivity index (χ4v) is 3.18. The molecule has 0 aromatic carbocycles. The van der Waals surface area contributed by atoms with Crippen LogP contribution in [0.5, 0.6) is 0 Å². The van der Waals surface area contributed by atoms with Gasteiger partial charge in [-0.25, -0.2) is 4.98 Å². The fourth-order valence-electron chi connectivity index (χ4n) is 2.88. The Morgan fingerprint density at radius 1 is 1.25 bits per heavy atom. The van der Waals surface area contributed by atoms with Crippen molar-refractivity contribution in [1.29, 1.82) is 0 Å². The van der Waals surface area contributed by atoms with Crippen LogP contribution in [-0.4, -0.2) is 27.7 Å². The Bertz CT molecular complexity index is 845. The molecule has 1 fully saturated rings. The molecule has 7 heteroatoms. The third-order valence-electron chi connectivity index (χ3n) is 5.02. The van der Waals surface area contributed by atoms with E-state index in [9.17, 15) is 4.79 Å². The molecule has 0 bridgehead atoms. The van der Waals surface area contributed by atoms with Gasteiger partial charge in [0.05, 0.1) is 16.8 Å². The van der Waals surface area contributed by atoms with Crippen molar-refractivity contribution in [2.24, 2.45) is 0 Å². The average molecular weight is 346 g/mol. The predicted octanol–water partition coefficient (Wildman–Crippen LogP) is 2.29. The zero-order valence-corrected chi connectivity index (χ0v) is 15.8. The second-order valence-electron chi connectivity index (χ2n) is 7.37. The van der Waals surface area contributed by atoms with Crippen LogP contribution >= 0.6 is 12.6 Å². The van der Waals surface area contributed by atoms with Crippen LogP contribution in [0.15, 0.2) is 23.1 Å². The summed E-state index contributed by atoms with van der Waals surface area (Å²) >= 11 is 4.39. The summed E-state index contributed by atoms with van der Waals surface area (Å²) in [4.78, 5) is 17.2. The molecule has 0 unspecified atom stereocenters. The van der Waals surface area contributed by atoms with Crippen molar-refractivity contribution >= 4 is 30.9 Å². The van der Waals surface area contributed by atoms with Crippen LogP contribution in [0, 0.1) is 6.92 Å². The number of fused-ring (bicyclic) bond motifs is 1. The van der Waals surface area contributed by atoms with Crippen molar-refractivity contribution < 1.29 is 9.31 Å². The number of pyridine rings is 1. The van der Waals surface area contributed by atoms with Gasteiger partial charge in [0.1, 0.15) is 5.65 Å². The summed E-state index contributed by atoms with van der Waals surface area (Å²) in [5.41, 5.74) is 1.87. The zero-order valence-electron chi connectivity index (χ0n) is 15.0. The van der Waals surface area contributed by atoms with Crippen LogP contribution in [0.25, 0.3) is 5.65 Å². The summed E-state index contributed by atoms with van der Waals surface area (Å²) in [6.07, 6.45) is 1.73. The van der Waals surface area contributed by atoms with Gasteiger partial charge in [0, 0.05) is 17.1 Å². The Morgan fingerprint density at radius 2 is 1.83 bits per heavy atom. The molecule has 2 aromatic rings. The predicted molar refractivity (Wildman–Crippen MR) is 99.3 cm³/mol.